The molecule has 0 aliphatic carbocycles. The fourth-order valence-electron chi connectivity index (χ4n) is 2.92. The summed E-state index contributed by atoms with van der Waals surface area (Å²) in [4.78, 5) is 15.6. The molecule has 128 valence electrons. The van der Waals surface area contributed by atoms with E-state index in [0.29, 0.717) is 11.6 Å². The normalized spacial score (nSPS) is 18.1. The Morgan fingerprint density at radius 1 is 1.33 bits per heavy atom. The second-order valence-electron chi connectivity index (χ2n) is 7.08. The molecule has 0 radical (unpaired) electrons. The number of carbonyl (C=O) groups is 1. The molecular weight excluding hydrogens is 322 g/mol. The number of benzene rings is 1. The van der Waals surface area contributed by atoms with E-state index < -0.39 is 0 Å². The molecule has 1 aliphatic rings. The van der Waals surface area contributed by atoms with Gasteiger partial charge in [-0.05, 0) is 36.0 Å². The Morgan fingerprint density at radius 3 is 2.71 bits per heavy atom. The van der Waals surface area contributed by atoms with Crippen LogP contribution in [0.2, 0.25) is 0 Å². The maximum atomic E-state index is 12.6. The molecule has 0 saturated carbocycles. The SMILES string of the molecule is CC(C)(C)c1ccc(SCC(=O)N2CCCC2c2nn[nH]n2)cc1. The number of nitrogens with one attached hydrogen (secondary N) is 1. The molecule has 1 N–H and O–H groups in total. The Bertz CT molecular complexity index is 678. The van der Waals surface area contributed by atoms with Crippen molar-refractivity contribution in [3.63, 3.8) is 0 Å². The Hall–Kier alpha value is -1.89. The van der Waals surface area contributed by atoms with E-state index in [9.17, 15) is 4.79 Å². The molecule has 2 aromatic rings. The van der Waals surface area contributed by atoms with Gasteiger partial charge in [-0.2, -0.15) is 5.21 Å². The number of thioether (sulfide) groups is 1. The second kappa shape index (κ2) is 6.93. The van der Waals surface area contributed by atoms with Gasteiger partial charge in [0.1, 0.15) is 0 Å². The van der Waals surface area contributed by atoms with Crippen LogP contribution in [0.1, 0.15) is 51.0 Å². The van der Waals surface area contributed by atoms with Crippen LogP contribution in [0.5, 0.6) is 0 Å². The molecule has 3 rings (SSSR count). The van der Waals surface area contributed by atoms with E-state index in [2.05, 4.69) is 65.7 Å². The smallest absolute Gasteiger partial charge is 0.233 e. The van der Waals surface area contributed by atoms with Crippen molar-refractivity contribution in [2.45, 2.75) is 50.0 Å². The first-order chi connectivity index (χ1) is 11.4. The molecule has 6 nitrogen and oxygen atoms in total. The molecule has 1 saturated heterocycles. The van der Waals surface area contributed by atoms with Crippen molar-refractivity contribution in [1.82, 2.24) is 25.5 Å². The first kappa shape index (κ1) is 17.0. The first-order valence-electron chi connectivity index (χ1n) is 8.21. The minimum atomic E-state index is -0.0416. The zero-order valence-corrected chi connectivity index (χ0v) is 15.1. The molecule has 0 bridgehead atoms. The lowest BCUT2D eigenvalue weighted by Gasteiger charge is -2.22. The summed E-state index contributed by atoms with van der Waals surface area (Å²) in [5, 5.41) is 14.1. The third-order valence-corrected chi connectivity index (χ3v) is 5.31. The van der Waals surface area contributed by atoms with Crippen LogP contribution in [0.25, 0.3) is 0 Å². The number of hydrogen-bond acceptors (Lipinski definition) is 5. The molecule has 1 unspecified atom stereocenters. The maximum Gasteiger partial charge on any atom is 0.233 e. The summed E-state index contributed by atoms with van der Waals surface area (Å²) >= 11 is 1.58. The Morgan fingerprint density at radius 2 is 2.08 bits per heavy atom. The van der Waals surface area contributed by atoms with Gasteiger partial charge >= 0.3 is 0 Å². The van der Waals surface area contributed by atoms with Gasteiger partial charge in [0, 0.05) is 11.4 Å². The van der Waals surface area contributed by atoms with E-state index in [1.165, 1.54) is 5.56 Å². The molecule has 1 fully saturated rings. The van der Waals surface area contributed by atoms with Crippen LogP contribution in [0.4, 0.5) is 0 Å². The molecular formula is C17H23N5OS. The number of amides is 1. The molecule has 1 aliphatic heterocycles. The monoisotopic (exact) mass is 345 g/mol. The summed E-state index contributed by atoms with van der Waals surface area (Å²) in [7, 11) is 0. The zero-order chi connectivity index (χ0) is 17.2. The van der Waals surface area contributed by atoms with E-state index in [4.69, 9.17) is 0 Å². The molecule has 24 heavy (non-hydrogen) atoms. The van der Waals surface area contributed by atoms with Gasteiger partial charge in [-0.3, -0.25) is 4.79 Å². The Balaban J connectivity index is 1.59. The lowest BCUT2D eigenvalue weighted by Crippen LogP contribution is -2.32. The second-order valence-corrected chi connectivity index (χ2v) is 8.13. The summed E-state index contributed by atoms with van der Waals surface area (Å²) in [6, 6.07) is 8.44. The standard InChI is InChI=1S/C17H23N5OS/c1-17(2,3)12-6-8-13(9-7-12)24-11-15(23)22-10-4-5-14(22)16-18-20-21-19-16/h6-9,14H,4-5,10-11H2,1-3H3,(H,18,19,20,21). The van der Waals surface area contributed by atoms with Crippen LogP contribution >= 0.6 is 11.8 Å². The number of likely N-dealkylation sites (tertiary alicyclic amines) is 1. The van der Waals surface area contributed by atoms with Gasteiger partial charge in [0.15, 0.2) is 5.82 Å². The van der Waals surface area contributed by atoms with Crippen molar-refractivity contribution < 1.29 is 4.79 Å². The van der Waals surface area contributed by atoms with Gasteiger partial charge in [0.2, 0.25) is 5.91 Å². The Labute approximate surface area is 146 Å². The largest absolute Gasteiger partial charge is 0.332 e. The van der Waals surface area contributed by atoms with Gasteiger partial charge in [0.05, 0.1) is 11.8 Å². The number of H-pyrrole nitrogens is 1. The maximum absolute atomic E-state index is 12.6. The van der Waals surface area contributed by atoms with Crippen molar-refractivity contribution in [2.24, 2.45) is 0 Å². The minimum absolute atomic E-state index is 0.0416. The molecule has 1 atom stereocenters. The lowest BCUT2D eigenvalue weighted by atomic mass is 9.87. The lowest BCUT2D eigenvalue weighted by molar-refractivity contribution is -0.129. The van der Waals surface area contributed by atoms with E-state index in [-0.39, 0.29) is 17.4 Å². The van der Waals surface area contributed by atoms with Crippen molar-refractivity contribution in [3.8, 4) is 0 Å². The number of carbonyl (C=O) groups excluding carboxylic acids is 1. The van der Waals surface area contributed by atoms with E-state index in [0.717, 1.165) is 24.3 Å². The third kappa shape index (κ3) is 3.77. The van der Waals surface area contributed by atoms with Crippen molar-refractivity contribution in [1.29, 1.82) is 0 Å². The van der Waals surface area contributed by atoms with Crippen LogP contribution in [-0.2, 0) is 10.2 Å². The molecule has 0 spiro atoms. The summed E-state index contributed by atoms with van der Waals surface area (Å²) in [6.45, 7) is 7.36. The fraction of sp³-hybridized carbons (Fsp3) is 0.529. The predicted molar refractivity (Wildman–Crippen MR) is 93.7 cm³/mol. The van der Waals surface area contributed by atoms with Gasteiger partial charge in [0.25, 0.3) is 0 Å². The van der Waals surface area contributed by atoms with Gasteiger partial charge in [-0.25, -0.2) is 0 Å². The summed E-state index contributed by atoms with van der Waals surface area (Å²) in [6.07, 6.45) is 1.88. The highest BCUT2D eigenvalue weighted by molar-refractivity contribution is 8.00. The van der Waals surface area contributed by atoms with Crippen molar-refractivity contribution in [2.75, 3.05) is 12.3 Å². The van der Waals surface area contributed by atoms with Crippen molar-refractivity contribution in [3.05, 3.63) is 35.7 Å². The highest BCUT2D eigenvalue weighted by Gasteiger charge is 2.32. The fourth-order valence-corrected chi connectivity index (χ4v) is 3.71. The average Bonchev–Trinajstić information content (AvgIpc) is 3.22. The van der Waals surface area contributed by atoms with E-state index >= 15 is 0 Å². The highest BCUT2D eigenvalue weighted by atomic mass is 32.2. The minimum Gasteiger partial charge on any atom is -0.332 e. The summed E-state index contributed by atoms with van der Waals surface area (Å²) < 4.78 is 0. The quantitative estimate of drug-likeness (QED) is 0.862. The van der Waals surface area contributed by atoms with E-state index in [1.807, 2.05) is 4.90 Å². The van der Waals surface area contributed by atoms with Gasteiger partial charge in [-0.1, -0.05) is 38.1 Å². The zero-order valence-electron chi connectivity index (χ0n) is 14.3. The topological polar surface area (TPSA) is 74.8 Å². The van der Waals surface area contributed by atoms with Gasteiger partial charge in [-0.15, -0.1) is 22.0 Å². The molecule has 1 aromatic carbocycles. The van der Waals surface area contributed by atoms with E-state index in [1.54, 1.807) is 11.8 Å². The highest BCUT2D eigenvalue weighted by Crippen LogP contribution is 2.31. The number of nitrogens with zero attached hydrogens (tertiary/aromatic N) is 4. The Kier molecular flexibility index (Phi) is 4.89. The number of aromatic amines is 1. The summed E-state index contributed by atoms with van der Waals surface area (Å²) in [5.74, 6) is 1.18. The third-order valence-electron chi connectivity index (χ3n) is 4.32. The predicted octanol–water partition coefficient (Wildman–Crippen LogP) is 2.95. The number of rotatable bonds is 4. The average molecular weight is 345 g/mol. The molecule has 1 aromatic heterocycles. The van der Waals surface area contributed by atoms with Gasteiger partial charge < -0.3 is 4.90 Å². The molecule has 1 amide bonds. The van der Waals surface area contributed by atoms with Crippen LogP contribution < -0.4 is 0 Å². The number of aromatic nitrogens is 4. The molecule has 7 heteroatoms. The number of hydrogen-bond donors (Lipinski definition) is 1. The molecule has 2 heterocycles. The first-order valence-corrected chi connectivity index (χ1v) is 9.20. The van der Waals surface area contributed by atoms with Crippen LogP contribution in [0.3, 0.4) is 0 Å². The summed E-state index contributed by atoms with van der Waals surface area (Å²) in [5.41, 5.74) is 1.45. The van der Waals surface area contributed by atoms with Crippen LogP contribution in [-0.4, -0.2) is 43.7 Å². The van der Waals surface area contributed by atoms with Crippen LogP contribution in [0.15, 0.2) is 29.2 Å². The van der Waals surface area contributed by atoms with Crippen LogP contribution in [0, 0.1) is 0 Å². The van der Waals surface area contributed by atoms with Crippen molar-refractivity contribution >= 4 is 17.7 Å². The number of tetrazole rings is 1.